The number of carboxylic acids is 1. The maximum absolute atomic E-state index is 12.3. The van der Waals surface area contributed by atoms with Gasteiger partial charge in [0.2, 0.25) is 5.91 Å². The lowest BCUT2D eigenvalue weighted by molar-refractivity contribution is -0.141. The van der Waals surface area contributed by atoms with Crippen molar-refractivity contribution in [2.24, 2.45) is 17.6 Å². The van der Waals surface area contributed by atoms with Gasteiger partial charge < -0.3 is 16.2 Å². The molecule has 1 aromatic carbocycles. The Kier molecular flexibility index (Phi) is 4.96. The summed E-state index contributed by atoms with van der Waals surface area (Å²) in [7, 11) is 0. The highest BCUT2D eigenvalue weighted by Crippen LogP contribution is 2.26. The second-order valence-corrected chi connectivity index (χ2v) is 5.78. The van der Waals surface area contributed by atoms with E-state index in [1.165, 1.54) is 0 Å². The zero-order chi connectivity index (χ0) is 15.4. The number of carboxylic acid groups (broad SMARTS) is 1. The van der Waals surface area contributed by atoms with Gasteiger partial charge in [0, 0.05) is 12.1 Å². The lowest BCUT2D eigenvalue weighted by atomic mass is 9.94. The summed E-state index contributed by atoms with van der Waals surface area (Å²) in [6.45, 7) is 1.80. The molecular weight excluding hydrogens is 268 g/mol. The molecule has 5 heteroatoms. The molecule has 1 fully saturated rings. The van der Waals surface area contributed by atoms with Crippen molar-refractivity contribution >= 4 is 11.9 Å². The molecule has 0 aliphatic heterocycles. The summed E-state index contributed by atoms with van der Waals surface area (Å²) in [5, 5.41) is 11.9. The van der Waals surface area contributed by atoms with Crippen LogP contribution in [0.1, 0.15) is 37.8 Å². The average Bonchev–Trinajstić information content (AvgIpc) is 2.95. The Morgan fingerprint density at radius 2 is 1.95 bits per heavy atom. The molecule has 0 aromatic heterocycles. The van der Waals surface area contributed by atoms with E-state index in [9.17, 15) is 9.59 Å². The Morgan fingerprint density at radius 1 is 1.29 bits per heavy atom. The molecule has 5 nitrogen and oxygen atoms in total. The minimum Gasteiger partial charge on any atom is -0.481 e. The third kappa shape index (κ3) is 3.82. The lowest BCUT2D eigenvalue weighted by Crippen LogP contribution is -2.40. The van der Waals surface area contributed by atoms with Crippen molar-refractivity contribution in [3.8, 4) is 0 Å². The molecule has 0 radical (unpaired) electrons. The van der Waals surface area contributed by atoms with Crippen molar-refractivity contribution in [3.05, 3.63) is 35.9 Å². The van der Waals surface area contributed by atoms with Gasteiger partial charge in [-0.15, -0.1) is 0 Å². The normalized spacial score (nSPS) is 24.3. The Balaban J connectivity index is 1.90. The van der Waals surface area contributed by atoms with Crippen LogP contribution in [0.25, 0.3) is 0 Å². The van der Waals surface area contributed by atoms with Gasteiger partial charge >= 0.3 is 5.97 Å². The molecule has 1 aliphatic carbocycles. The van der Waals surface area contributed by atoms with Crippen LogP contribution in [-0.2, 0) is 9.59 Å². The van der Waals surface area contributed by atoms with Gasteiger partial charge in [-0.05, 0) is 24.8 Å². The fourth-order valence-corrected chi connectivity index (χ4v) is 2.80. The third-order valence-electron chi connectivity index (χ3n) is 4.26. The highest BCUT2D eigenvalue weighted by atomic mass is 16.4. The zero-order valence-corrected chi connectivity index (χ0v) is 12.2. The summed E-state index contributed by atoms with van der Waals surface area (Å²) in [6.07, 6.45) is 1.85. The van der Waals surface area contributed by atoms with Gasteiger partial charge in [0.05, 0.1) is 11.8 Å². The van der Waals surface area contributed by atoms with Crippen LogP contribution in [0.2, 0.25) is 0 Å². The summed E-state index contributed by atoms with van der Waals surface area (Å²) in [6, 6.07) is 9.11. The molecule has 4 atom stereocenters. The van der Waals surface area contributed by atoms with Crippen LogP contribution in [0.5, 0.6) is 0 Å². The highest BCUT2D eigenvalue weighted by Gasteiger charge is 2.32. The maximum Gasteiger partial charge on any atom is 0.306 e. The third-order valence-corrected chi connectivity index (χ3v) is 4.26. The van der Waals surface area contributed by atoms with E-state index >= 15 is 0 Å². The van der Waals surface area contributed by atoms with E-state index in [1.54, 1.807) is 6.92 Å². The number of nitrogens with two attached hydrogens (primary N) is 1. The summed E-state index contributed by atoms with van der Waals surface area (Å²) in [5.41, 5.74) is 7.06. The molecule has 0 bridgehead atoms. The molecule has 1 aromatic rings. The van der Waals surface area contributed by atoms with Crippen LogP contribution in [-0.4, -0.2) is 23.0 Å². The lowest BCUT2D eigenvalue weighted by Gasteiger charge is -2.22. The van der Waals surface area contributed by atoms with Crippen molar-refractivity contribution in [1.29, 1.82) is 0 Å². The maximum atomic E-state index is 12.3. The van der Waals surface area contributed by atoms with Gasteiger partial charge in [0.15, 0.2) is 0 Å². The number of hydrogen-bond acceptors (Lipinski definition) is 3. The van der Waals surface area contributed by atoms with Crippen molar-refractivity contribution in [2.75, 3.05) is 0 Å². The highest BCUT2D eigenvalue weighted by molar-refractivity contribution is 5.80. The fourth-order valence-electron chi connectivity index (χ4n) is 2.80. The minimum atomic E-state index is -0.777. The number of aliphatic carboxylic acids is 1. The van der Waals surface area contributed by atoms with E-state index in [0.717, 1.165) is 12.0 Å². The van der Waals surface area contributed by atoms with Crippen LogP contribution in [0.4, 0.5) is 0 Å². The molecule has 114 valence electrons. The SMILES string of the molecule is CC(C(=O)N[C@H]1CC[C@@H](C(=O)O)C1)C(N)c1ccccc1. The van der Waals surface area contributed by atoms with Gasteiger partial charge in [0.1, 0.15) is 0 Å². The van der Waals surface area contributed by atoms with Crippen LogP contribution < -0.4 is 11.1 Å². The van der Waals surface area contributed by atoms with E-state index in [-0.39, 0.29) is 29.8 Å². The van der Waals surface area contributed by atoms with Crippen molar-refractivity contribution in [2.45, 2.75) is 38.3 Å². The van der Waals surface area contributed by atoms with Crippen LogP contribution in [0.3, 0.4) is 0 Å². The van der Waals surface area contributed by atoms with E-state index in [1.807, 2.05) is 30.3 Å². The average molecular weight is 290 g/mol. The largest absolute Gasteiger partial charge is 0.481 e. The van der Waals surface area contributed by atoms with Crippen LogP contribution in [0.15, 0.2) is 30.3 Å². The monoisotopic (exact) mass is 290 g/mol. The first-order valence-electron chi connectivity index (χ1n) is 7.32. The summed E-state index contributed by atoms with van der Waals surface area (Å²) < 4.78 is 0. The van der Waals surface area contributed by atoms with Crippen molar-refractivity contribution in [1.82, 2.24) is 5.32 Å². The molecule has 0 spiro atoms. The molecule has 0 saturated heterocycles. The minimum absolute atomic E-state index is 0.0518. The van der Waals surface area contributed by atoms with Gasteiger partial charge in [-0.1, -0.05) is 37.3 Å². The summed E-state index contributed by atoms with van der Waals surface area (Å²) in [5.74, 6) is -1.58. The van der Waals surface area contributed by atoms with Crippen molar-refractivity contribution in [3.63, 3.8) is 0 Å². The molecule has 21 heavy (non-hydrogen) atoms. The number of benzene rings is 1. The Hall–Kier alpha value is -1.88. The molecule has 4 N–H and O–H groups in total. The molecule has 1 amide bonds. The number of hydrogen-bond donors (Lipinski definition) is 3. The quantitative estimate of drug-likeness (QED) is 0.769. The van der Waals surface area contributed by atoms with Gasteiger partial charge in [0.25, 0.3) is 0 Å². The van der Waals surface area contributed by atoms with Gasteiger partial charge in [-0.2, -0.15) is 0 Å². The van der Waals surface area contributed by atoms with Gasteiger partial charge in [-0.3, -0.25) is 9.59 Å². The smallest absolute Gasteiger partial charge is 0.306 e. The predicted octanol–water partition coefficient (Wildman–Crippen LogP) is 1.69. The number of carbonyl (C=O) groups excluding carboxylic acids is 1. The first-order valence-corrected chi connectivity index (χ1v) is 7.32. The molecule has 2 unspecified atom stereocenters. The first-order chi connectivity index (χ1) is 9.99. The number of carbonyl (C=O) groups is 2. The van der Waals surface area contributed by atoms with E-state index in [0.29, 0.717) is 12.8 Å². The van der Waals surface area contributed by atoms with E-state index < -0.39 is 5.97 Å². The fraction of sp³-hybridized carbons (Fsp3) is 0.500. The van der Waals surface area contributed by atoms with Crippen LogP contribution >= 0.6 is 0 Å². The van der Waals surface area contributed by atoms with Crippen LogP contribution in [0, 0.1) is 11.8 Å². The predicted molar refractivity (Wildman–Crippen MR) is 79.4 cm³/mol. The standard InChI is InChI=1S/C16H22N2O3/c1-10(14(17)11-5-3-2-4-6-11)15(19)18-13-8-7-12(9-13)16(20)21/h2-6,10,12-14H,7-9,17H2,1H3,(H,18,19)(H,20,21)/t10?,12-,13+,14?/m1/s1. The second-order valence-electron chi connectivity index (χ2n) is 5.78. The Bertz CT molecular complexity index is 504. The van der Waals surface area contributed by atoms with Gasteiger partial charge in [-0.25, -0.2) is 0 Å². The molecule has 0 heterocycles. The number of nitrogens with one attached hydrogen (secondary N) is 1. The summed E-state index contributed by atoms with van der Waals surface area (Å²) >= 11 is 0. The summed E-state index contributed by atoms with van der Waals surface area (Å²) in [4.78, 5) is 23.2. The van der Waals surface area contributed by atoms with Crippen molar-refractivity contribution < 1.29 is 14.7 Å². The molecular formula is C16H22N2O3. The molecule has 2 rings (SSSR count). The Labute approximate surface area is 124 Å². The molecule has 1 saturated carbocycles. The molecule has 1 aliphatic rings. The van der Waals surface area contributed by atoms with E-state index in [2.05, 4.69) is 5.32 Å². The second kappa shape index (κ2) is 6.72. The number of amides is 1. The van der Waals surface area contributed by atoms with E-state index in [4.69, 9.17) is 10.8 Å². The number of rotatable bonds is 5. The zero-order valence-electron chi connectivity index (χ0n) is 12.2. The topological polar surface area (TPSA) is 92.4 Å². The first kappa shape index (κ1) is 15.5. The Morgan fingerprint density at radius 3 is 2.52 bits per heavy atom.